The van der Waals surface area contributed by atoms with E-state index in [9.17, 15) is 10.1 Å². The lowest BCUT2D eigenvalue weighted by Crippen LogP contribution is -2.22. The summed E-state index contributed by atoms with van der Waals surface area (Å²) in [6.45, 7) is 4.12. The summed E-state index contributed by atoms with van der Waals surface area (Å²) in [6.07, 6.45) is 3.55. The molecule has 2 rings (SSSR count). The maximum absolute atomic E-state index is 11.0. The van der Waals surface area contributed by atoms with E-state index in [4.69, 9.17) is 11.6 Å². The Hall–Kier alpha value is -1.33. The Balaban J connectivity index is 1.85. The topological polar surface area (TPSA) is 58.4 Å². The molecule has 0 spiro atoms. The second-order valence-corrected chi connectivity index (χ2v) is 5.13. The van der Waals surface area contributed by atoms with E-state index in [0.717, 1.165) is 19.5 Å². The molecule has 1 aromatic carbocycles. The van der Waals surface area contributed by atoms with Gasteiger partial charge in [-0.15, -0.1) is 0 Å². The predicted octanol–water partition coefficient (Wildman–Crippen LogP) is 3.15. The molecule has 104 valence electrons. The van der Waals surface area contributed by atoms with E-state index in [2.05, 4.69) is 10.2 Å². The van der Waals surface area contributed by atoms with E-state index in [1.807, 2.05) is 0 Å². The lowest BCUT2D eigenvalue weighted by atomic mass is 10.2. The molecule has 1 aliphatic rings. The van der Waals surface area contributed by atoms with Gasteiger partial charge in [-0.1, -0.05) is 17.7 Å². The van der Waals surface area contributed by atoms with Gasteiger partial charge in [0.25, 0.3) is 0 Å². The van der Waals surface area contributed by atoms with Crippen LogP contribution in [0.25, 0.3) is 0 Å². The van der Waals surface area contributed by atoms with Crippen molar-refractivity contribution in [1.29, 1.82) is 0 Å². The van der Waals surface area contributed by atoms with Crippen molar-refractivity contribution in [3.8, 4) is 0 Å². The van der Waals surface area contributed by atoms with Crippen LogP contribution >= 0.6 is 11.6 Å². The molecule has 5 nitrogen and oxygen atoms in total. The first-order valence-corrected chi connectivity index (χ1v) is 6.95. The van der Waals surface area contributed by atoms with Gasteiger partial charge in [0, 0.05) is 6.54 Å². The van der Waals surface area contributed by atoms with E-state index in [0.29, 0.717) is 5.69 Å². The first-order valence-electron chi connectivity index (χ1n) is 6.57. The lowest BCUT2D eigenvalue weighted by molar-refractivity contribution is -0.383. The molecule has 0 aromatic heterocycles. The fraction of sp³-hybridized carbons (Fsp3) is 0.538. The molecule has 0 unspecified atom stereocenters. The predicted molar refractivity (Wildman–Crippen MR) is 76.9 cm³/mol. The van der Waals surface area contributed by atoms with Crippen LogP contribution in [0.4, 0.5) is 11.4 Å². The molecular weight excluding hydrogens is 266 g/mol. The average Bonchev–Trinajstić information content (AvgIpc) is 2.87. The quantitative estimate of drug-likeness (QED) is 0.495. The number of halogens is 1. The number of hydrogen-bond donors (Lipinski definition) is 1. The van der Waals surface area contributed by atoms with Crippen LogP contribution in [-0.2, 0) is 0 Å². The van der Waals surface area contributed by atoms with Crippen LogP contribution in [0.1, 0.15) is 19.3 Å². The summed E-state index contributed by atoms with van der Waals surface area (Å²) in [4.78, 5) is 12.9. The summed E-state index contributed by atoms with van der Waals surface area (Å²) in [5.74, 6) is 0. The first kappa shape index (κ1) is 14.1. The van der Waals surface area contributed by atoms with Crippen molar-refractivity contribution < 1.29 is 4.92 Å². The maximum atomic E-state index is 11.0. The molecule has 1 aliphatic heterocycles. The fourth-order valence-corrected chi connectivity index (χ4v) is 2.62. The van der Waals surface area contributed by atoms with Crippen molar-refractivity contribution >= 4 is 23.0 Å². The standard InChI is InChI=1S/C13H18ClN3O2/c14-11-5-3-6-12(13(11)17(18)19)15-7-4-10-16-8-1-2-9-16/h3,5-6,15H,1-2,4,7-10H2. The Morgan fingerprint density at radius 1 is 1.37 bits per heavy atom. The second kappa shape index (κ2) is 6.73. The highest BCUT2D eigenvalue weighted by Gasteiger charge is 2.18. The molecule has 0 atom stereocenters. The SMILES string of the molecule is O=[N+]([O-])c1c(Cl)cccc1NCCCN1CCCC1. The van der Waals surface area contributed by atoms with Crippen molar-refractivity contribution in [1.82, 2.24) is 4.90 Å². The third-order valence-corrected chi connectivity index (χ3v) is 3.64. The van der Waals surface area contributed by atoms with Crippen molar-refractivity contribution in [3.05, 3.63) is 33.3 Å². The highest BCUT2D eigenvalue weighted by molar-refractivity contribution is 6.33. The van der Waals surface area contributed by atoms with Crippen LogP contribution < -0.4 is 5.32 Å². The van der Waals surface area contributed by atoms with E-state index in [1.54, 1.807) is 12.1 Å². The third-order valence-electron chi connectivity index (χ3n) is 3.33. The molecule has 0 amide bonds. The number of rotatable bonds is 6. The second-order valence-electron chi connectivity index (χ2n) is 4.72. The maximum Gasteiger partial charge on any atom is 0.310 e. The summed E-state index contributed by atoms with van der Waals surface area (Å²) in [5.41, 5.74) is 0.462. The summed E-state index contributed by atoms with van der Waals surface area (Å²) in [6, 6.07) is 4.95. The average molecular weight is 284 g/mol. The van der Waals surface area contributed by atoms with Crippen LogP contribution in [0.2, 0.25) is 5.02 Å². The smallest absolute Gasteiger partial charge is 0.310 e. The van der Waals surface area contributed by atoms with Crippen LogP contribution in [-0.4, -0.2) is 36.0 Å². The van der Waals surface area contributed by atoms with Crippen molar-refractivity contribution in [2.75, 3.05) is 31.5 Å². The molecule has 0 saturated carbocycles. The summed E-state index contributed by atoms with van der Waals surface area (Å²) < 4.78 is 0. The number of benzene rings is 1. The van der Waals surface area contributed by atoms with Crippen LogP contribution in [0, 0.1) is 10.1 Å². The van der Waals surface area contributed by atoms with Crippen molar-refractivity contribution in [3.63, 3.8) is 0 Å². The van der Waals surface area contributed by atoms with Gasteiger partial charge in [-0.05, 0) is 51.0 Å². The fourth-order valence-electron chi connectivity index (χ4n) is 2.38. The minimum Gasteiger partial charge on any atom is -0.379 e. The van der Waals surface area contributed by atoms with Crippen LogP contribution in [0.5, 0.6) is 0 Å². The monoisotopic (exact) mass is 283 g/mol. The molecule has 1 saturated heterocycles. The van der Waals surface area contributed by atoms with Crippen LogP contribution in [0.15, 0.2) is 18.2 Å². The highest BCUT2D eigenvalue weighted by atomic mass is 35.5. The van der Waals surface area contributed by atoms with Crippen molar-refractivity contribution in [2.24, 2.45) is 0 Å². The van der Waals surface area contributed by atoms with Gasteiger partial charge in [0.2, 0.25) is 0 Å². The summed E-state index contributed by atoms with van der Waals surface area (Å²) in [7, 11) is 0. The van der Waals surface area contributed by atoms with Gasteiger partial charge in [0.15, 0.2) is 0 Å². The molecule has 1 heterocycles. The minimum absolute atomic E-state index is 0.0367. The number of nitrogens with one attached hydrogen (secondary N) is 1. The van der Waals surface area contributed by atoms with Gasteiger partial charge in [0.1, 0.15) is 10.7 Å². The number of nitro groups is 1. The van der Waals surface area contributed by atoms with Crippen LogP contribution in [0.3, 0.4) is 0 Å². The Kier molecular flexibility index (Phi) is 4.99. The summed E-state index contributed by atoms with van der Waals surface area (Å²) >= 11 is 5.85. The van der Waals surface area contributed by atoms with Gasteiger partial charge in [-0.2, -0.15) is 0 Å². The Morgan fingerprint density at radius 2 is 2.11 bits per heavy atom. The molecule has 1 fully saturated rings. The minimum atomic E-state index is -0.439. The highest BCUT2D eigenvalue weighted by Crippen LogP contribution is 2.32. The zero-order valence-electron chi connectivity index (χ0n) is 10.8. The molecule has 0 radical (unpaired) electrons. The van der Waals surface area contributed by atoms with Gasteiger partial charge in [-0.25, -0.2) is 0 Å². The first-order chi connectivity index (χ1) is 9.18. The largest absolute Gasteiger partial charge is 0.379 e. The molecule has 0 bridgehead atoms. The molecule has 0 aliphatic carbocycles. The van der Waals surface area contributed by atoms with Gasteiger partial charge >= 0.3 is 5.69 Å². The third kappa shape index (κ3) is 3.81. The number of likely N-dealkylation sites (tertiary alicyclic amines) is 1. The zero-order chi connectivity index (χ0) is 13.7. The van der Waals surface area contributed by atoms with E-state index in [1.165, 1.54) is 32.0 Å². The lowest BCUT2D eigenvalue weighted by Gasteiger charge is -2.14. The molecule has 6 heteroatoms. The Bertz CT molecular complexity index is 448. The molecular formula is C13H18ClN3O2. The van der Waals surface area contributed by atoms with E-state index < -0.39 is 4.92 Å². The summed E-state index contributed by atoms with van der Waals surface area (Å²) in [5, 5.41) is 14.2. The van der Waals surface area contributed by atoms with Gasteiger partial charge in [-0.3, -0.25) is 10.1 Å². The number of hydrogen-bond acceptors (Lipinski definition) is 4. The number of para-hydroxylation sites is 1. The Morgan fingerprint density at radius 3 is 2.79 bits per heavy atom. The van der Waals surface area contributed by atoms with Gasteiger partial charge in [0.05, 0.1) is 4.92 Å². The zero-order valence-corrected chi connectivity index (χ0v) is 11.5. The molecule has 1 N–H and O–H groups in total. The van der Waals surface area contributed by atoms with Gasteiger partial charge < -0.3 is 10.2 Å². The normalized spacial score (nSPS) is 15.6. The van der Waals surface area contributed by atoms with E-state index >= 15 is 0 Å². The number of nitro benzene ring substituents is 1. The Labute approximate surface area is 117 Å². The molecule has 19 heavy (non-hydrogen) atoms. The molecule has 1 aromatic rings. The van der Waals surface area contributed by atoms with Crippen molar-refractivity contribution in [2.45, 2.75) is 19.3 Å². The van der Waals surface area contributed by atoms with E-state index in [-0.39, 0.29) is 10.7 Å². The number of nitrogens with zero attached hydrogens (tertiary/aromatic N) is 2. The number of anilines is 1.